The van der Waals surface area contributed by atoms with Crippen molar-refractivity contribution in [3.8, 4) is 0 Å². The number of hydrogen-bond acceptors (Lipinski definition) is 4. The minimum atomic E-state index is 0.654. The number of nitrogen functional groups attached to an aromatic ring is 1. The van der Waals surface area contributed by atoms with Crippen molar-refractivity contribution in [3.63, 3.8) is 0 Å². The number of rotatable bonds is 4. The maximum absolute atomic E-state index is 6.06. The van der Waals surface area contributed by atoms with Gasteiger partial charge in [0.05, 0.1) is 28.8 Å². The summed E-state index contributed by atoms with van der Waals surface area (Å²) < 4.78 is 2.82. The van der Waals surface area contributed by atoms with Gasteiger partial charge in [-0.05, 0) is 24.3 Å². The lowest BCUT2D eigenvalue weighted by atomic mass is 10.1. The Labute approximate surface area is 131 Å². The molecule has 5 nitrogen and oxygen atoms in total. The molecule has 0 bridgehead atoms. The van der Waals surface area contributed by atoms with E-state index in [9.17, 15) is 0 Å². The number of aromatic nitrogens is 3. The fraction of sp³-hybridized carbons (Fsp3) is 0.200. The molecule has 3 aromatic rings. The molecule has 3 N–H and O–H groups in total. The summed E-state index contributed by atoms with van der Waals surface area (Å²) in [6, 6.07) is 8.00. The van der Waals surface area contributed by atoms with Gasteiger partial charge in [0.1, 0.15) is 0 Å². The molecule has 0 aliphatic heterocycles. The number of anilines is 2. The number of halogens is 1. The Balaban J connectivity index is 1.82. The van der Waals surface area contributed by atoms with Gasteiger partial charge in [-0.3, -0.25) is 9.67 Å². The van der Waals surface area contributed by atoms with Crippen molar-refractivity contribution in [2.75, 3.05) is 17.6 Å². The minimum absolute atomic E-state index is 0.654. The molecule has 21 heavy (non-hydrogen) atoms. The molecule has 6 heteroatoms. The summed E-state index contributed by atoms with van der Waals surface area (Å²) in [6.07, 6.45) is 4.49. The van der Waals surface area contributed by atoms with Gasteiger partial charge < -0.3 is 11.1 Å². The lowest BCUT2D eigenvalue weighted by Gasteiger charge is -2.12. The SMILES string of the molecule is Cn1ccc(CCNc2c(N)cnc3ccc(Br)cc23)n1. The summed E-state index contributed by atoms with van der Waals surface area (Å²) in [5, 5.41) is 8.79. The zero-order valence-electron chi connectivity index (χ0n) is 11.7. The van der Waals surface area contributed by atoms with Gasteiger partial charge in [0.2, 0.25) is 0 Å². The minimum Gasteiger partial charge on any atom is -0.396 e. The van der Waals surface area contributed by atoms with E-state index in [1.54, 1.807) is 6.20 Å². The van der Waals surface area contributed by atoms with Crippen LogP contribution in [0.3, 0.4) is 0 Å². The number of nitrogens with zero attached hydrogens (tertiary/aromatic N) is 3. The molecule has 2 aromatic heterocycles. The Kier molecular flexibility index (Phi) is 3.79. The van der Waals surface area contributed by atoms with E-state index in [0.29, 0.717) is 5.69 Å². The first-order valence-electron chi connectivity index (χ1n) is 6.69. The summed E-state index contributed by atoms with van der Waals surface area (Å²) in [5.74, 6) is 0. The van der Waals surface area contributed by atoms with Crippen LogP contribution in [0.5, 0.6) is 0 Å². The molecular weight excluding hydrogens is 330 g/mol. The first kappa shape index (κ1) is 13.9. The third-order valence-electron chi connectivity index (χ3n) is 3.31. The molecule has 108 valence electrons. The topological polar surface area (TPSA) is 68.8 Å². The van der Waals surface area contributed by atoms with E-state index in [4.69, 9.17) is 5.73 Å². The van der Waals surface area contributed by atoms with E-state index in [-0.39, 0.29) is 0 Å². The molecule has 0 unspecified atom stereocenters. The van der Waals surface area contributed by atoms with Gasteiger partial charge in [-0.15, -0.1) is 0 Å². The average Bonchev–Trinajstić information content (AvgIpc) is 2.87. The summed E-state index contributed by atoms with van der Waals surface area (Å²) >= 11 is 3.49. The van der Waals surface area contributed by atoms with Gasteiger partial charge in [0.15, 0.2) is 0 Å². The lowest BCUT2D eigenvalue weighted by molar-refractivity contribution is 0.742. The van der Waals surface area contributed by atoms with Crippen LogP contribution in [0.25, 0.3) is 10.9 Å². The number of benzene rings is 1. The Morgan fingerprint density at radius 3 is 2.95 bits per heavy atom. The fourth-order valence-corrected chi connectivity index (χ4v) is 2.65. The third kappa shape index (κ3) is 3.00. The van der Waals surface area contributed by atoms with Crippen molar-refractivity contribution in [2.24, 2.45) is 7.05 Å². The molecule has 0 spiro atoms. The molecule has 0 saturated carbocycles. The van der Waals surface area contributed by atoms with Crippen LogP contribution >= 0.6 is 15.9 Å². The second-order valence-electron chi connectivity index (χ2n) is 4.91. The highest BCUT2D eigenvalue weighted by Gasteiger charge is 2.07. The zero-order valence-corrected chi connectivity index (χ0v) is 13.3. The third-order valence-corrected chi connectivity index (χ3v) is 3.80. The highest BCUT2D eigenvalue weighted by atomic mass is 79.9. The average molecular weight is 346 g/mol. The number of pyridine rings is 1. The van der Waals surface area contributed by atoms with Crippen LogP contribution in [-0.4, -0.2) is 21.3 Å². The molecule has 2 heterocycles. The molecule has 0 fully saturated rings. The molecule has 0 radical (unpaired) electrons. The molecule has 3 rings (SSSR count). The Hall–Kier alpha value is -2.08. The molecule has 0 saturated heterocycles. The van der Waals surface area contributed by atoms with E-state index in [1.165, 1.54) is 0 Å². The summed E-state index contributed by atoms with van der Waals surface area (Å²) in [5.41, 5.74) is 9.62. The van der Waals surface area contributed by atoms with E-state index >= 15 is 0 Å². The van der Waals surface area contributed by atoms with E-state index < -0.39 is 0 Å². The molecule has 0 amide bonds. The highest BCUT2D eigenvalue weighted by Crippen LogP contribution is 2.29. The van der Waals surface area contributed by atoms with Gasteiger partial charge in [0.25, 0.3) is 0 Å². The second-order valence-corrected chi connectivity index (χ2v) is 5.82. The number of aryl methyl sites for hydroxylation is 1. The first-order valence-corrected chi connectivity index (χ1v) is 7.49. The molecule has 0 aliphatic rings. The maximum atomic E-state index is 6.06. The number of hydrogen-bond donors (Lipinski definition) is 2. The van der Waals surface area contributed by atoms with Crippen LogP contribution in [-0.2, 0) is 13.5 Å². The molecular formula is C15H16BrN5. The Morgan fingerprint density at radius 2 is 2.19 bits per heavy atom. The van der Waals surface area contributed by atoms with Crippen molar-refractivity contribution >= 4 is 38.2 Å². The van der Waals surface area contributed by atoms with Crippen LogP contribution in [0.1, 0.15) is 5.69 Å². The fourth-order valence-electron chi connectivity index (χ4n) is 2.29. The van der Waals surface area contributed by atoms with E-state index in [2.05, 4.69) is 31.3 Å². The first-order chi connectivity index (χ1) is 10.1. The van der Waals surface area contributed by atoms with Crippen LogP contribution in [0.15, 0.2) is 41.1 Å². The largest absolute Gasteiger partial charge is 0.396 e. The highest BCUT2D eigenvalue weighted by molar-refractivity contribution is 9.10. The predicted molar refractivity (Wildman–Crippen MR) is 89.3 cm³/mol. The monoisotopic (exact) mass is 345 g/mol. The quantitative estimate of drug-likeness (QED) is 0.762. The Morgan fingerprint density at radius 1 is 1.33 bits per heavy atom. The number of nitrogens with one attached hydrogen (secondary N) is 1. The van der Waals surface area contributed by atoms with Gasteiger partial charge in [-0.2, -0.15) is 5.10 Å². The molecule has 0 aliphatic carbocycles. The zero-order chi connectivity index (χ0) is 14.8. The van der Waals surface area contributed by atoms with Crippen molar-refractivity contribution in [2.45, 2.75) is 6.42 Å². The molecule has 1 aromatic carbocycles. The number of nitrogens with two attached hydrogens (primary N) is 1. The molecule has 0 atom stereocenters. The number of fused-ring (bicyclic) bond motifs is 1. The smallest absolute Gasteiger partial charge is 0.0743 e. The predicted octanol–water partition coefficient (Wildman–Crippen LogP) is 2.97. The summed E-state index contributed by atoms with van der Waals surface area (Å²) in [6.45, 7) is 0.771. The van der Waals surface area contributed by atoms with Gasteiger partial charge in [-0.25, -0.2) is 0 Å². The van der Waals surface area contributed by atoms with Crippen LogP contribution < -0.4 is 11.1 Å². The van der Waals surface area contributed by atoms with E-state index in [0.717, 1.165) is 39.7 Å². The van der Waals surface area contributed by atoms with Crippen molar-refractivity contribution in [3.05, 3.63) is 46.8 Å². The van der Waals surface area contributed by atoms with Crippen LogP contribution in [0.2, 0.25) is 0 Å². The van der Waals surface area contributed by atoms with Crippen molar-refractivity contribution < 1.29 is 0 Å². The van der Waals surface area contributed by atoms with Crippen molar-refractivity contribution in [1.82, 2.24) is 14.8 Å². The van der Waals surface area contributed by atoms with Gasteiger partial charge in [0, 0.05) is 36.1 Å². The standard InChI is InChI=1S/C15H16BrN5/c1-21-7-5-11(20-21)4-6-18-15-12-8-10(16)2-3-14(12)19-9-13(15)17/h2-3,5,7-9H,4,6,17H2,1H3,(H,18,19). The normalized spacial score (nSPS) is 11.0. The lowest BCUT2D eigenvalue weighted by Crippen LogP contribution is -2.08. The van der Waals surface area contributed by atoms with Crippen molar-refractivity contribution in [1.29, 1.82) is 0 Å². The van der Waals surface area contributed by atoms with Crippen LogP contribution in [0.4, 0.5) is 11.4 Å². The summed E-state index contributed by atoms with van der Waals surface area (Å²) in [7, 11) is 1.92. The Bertz CT molecular complexity index is 776. The maximum Gasteiger partial charge on any atom is 0.0743 e. The summed E-state index contributed by atoms with van der Waals surface area (Å²) in [4.78, 5) is 4.35. The second kappa shape index (κ2) is 5.73. The van der Waals surface area contributed by atoms with Gasteiger partial charge >= 0.3 is 0 Å². The van der Waals surface area contributed by atoms with E-state index in [1.807, 2.05) is 42.2 Å². The van der Waals surface area contributed by atoms with Gasteiger partial charge in [-0.1, -0.05) is 15.9 Å². The van der Waals surface area contributed by atoms with Crippen LogP contribution in [0, 0.1) is 0 Å².